The van der Waals surface area contributed by atoms with Gasteiger partial charge in [0.1, 0.15) is 17.1 Å². The highest BCUT2D eigenvalue weighted by atomic mass is 16.5. The van der Waals surface area contributed by atoms with Crippen molar-refractivity contribution in [1.82, 2.24) is 4.90 Å². The minimum atomic E-state index is -1.08. The Morgan fingerprint density at radius 3 is 2.92 bits per heavy atom. The molecule has 2 amide bonds. The molecule has 1 aromatic rings. The van der Waals surface area contributed by atoms with E-state index in [1.807, 2.05) is 24.3 Å². The Labute approximate surface area is 144 Å². The summed E-state index contributed by atoms with van der Waals surface area (Å²) in [4.78, 5) is 40.5. The van der Waals surface area contributed by atoms with E-state index >= 15 is 0 Å². The summed E-state index contributed by atoms with van der Waals surface area (Å²) in [5, 5.41) is 3.00. The lowest BCUT2D eigenvalue weighted by atomic mass is 9.51. The van der Waals surface area contributed by atoms with Crippen LogP contribution in [0.5, 0.6) is 0 Å². The number of carbonyl (C=O) groups excluding carboxylic acids is 3. The molecular weight excluding hydrogens is 320 g/mol. The van der Waals surface area contributed by atoms with Gasteiger partial charge in [-0.1, -0.05) is 18.2 Å². The monoisotopic (exact) mass is 338 g/mol. The number of rotatable bonds is 1. The molecule has 2 saturated carbocycles. The van der Waals surface area contributed by atoms with Crippen LogP contribution in [0, 0.1) is 23.2 Å². The van der Waals surface area contributed by atoms with Gasteiger partial charge >= 0.3 is 0 Å². The number of likely N-dealkylation sites (tertiary alicyclic amines) is 1. The smallest absolute Gasteiger partial charge is 0.238 e. The number of carbonyl (C=O) groups is 3. The van der Waals surface area contributed by atoms with Crippen molar-refractivity contribution in [2.45, 2.75) is 24.0 Å². The second kappa shape index (κ2) is 3.96. The van der Waals surface area contributed by atoms with Crippen molar-refractivity contribution in [2.75, 3.05) is 19.0 Å². The molecule has 0 radical (unpaired) electrons. The number of hydrogen-bond acceptors (Lipinski definition) is 4. The summed E-state index contributed by atoms with van der Waals surface area (Å²) < 4.78 is 6.18. The first-order chi connectivity index (χ1) is 12.1. The lowest BCUT2D eigenvalue weighted by Gasteiger charge is -2.52. The zero-order valence-corrected chi connectivity index (χ0v) is 13.8. The highest BCUT2D eigenvalue weighted by Gasteiger charge is 2.84. The quantitative estimate of drug-likeness (QED) is 0.600. The number of amides is 2. The van der Waals surface area contributed by atoms with Gasteiger partial charge in [-0.25, -0.2) is 0 Å². The molecule has 2 aliphatic carbocycles. The number of aldehydes is 1. The predicted molar refractivity (Wildman–Crippen MR) is 86.6 cm³/mol. The number of fused-ring (bicyclic) bond motifs is 5. The lowest BCUT2D eigenvalue weighted by Crippen LogP contribution is -2.64. The Balaban J connectivity index is 1.71. The number of ether oxygens (including phenoxy) is 1. The molecule has 4 unspecified atom stereocenters. The second-order valence-electron chi connectivity index (χ2n) is 8.13. The molecule has 25 heavy (non-hydrogen) atoms. The fourth-order valence-corrected chi connectivity index (χ4v) is 7.01. The van der Waals surface area contributed by atoms with Gasteiger partial charge in [0.05, 0.1) is 12.7 Å². The van der Waals surface area contributed by atoms with E-state index in [0.717, 1.165) is 17.5 Å². The topological polar surface area (TPSA) is 75.7 Å². The number of nitrogens with one attached hydrogen (secondary N) is 1. The van der Waals surface area contributed by atoms with Crippen LogP contribution in [0.3, 0.4) is 0 Å². The molecule has 5 aliphatic rings. The van der Waals surface area contributed by atoms with E-state index in [1.54, 1.807) is 11.9 Å². The van der Waals surface area contributed by atoms with Crippen LogP contribution < -0.4 is 5.32 Å². The maximum atomic E-state index is 13.3. The fourth-order valence-electron chi connectivity index (χ4n) is 7.01. The summed E-state index contributed by atoms with van der Waals surface area (Å²) in [5.41, 5.74) is -0.375. The molecule has 6 heteroatoms. The van der Waals surface area contributed by atoms with Crippen molar-refractivity contribution in [3.05, 3.63) is 29.8 Å². The molecule has 6 rings (SSSR count). The van der Waals surface area contributed by atoms with Crippen LogP contribution in [0.2, 0.25) is 0 Å². The summed E-state index contributed by atoms with van der Waals surface area (Å²) in [6.07, 6.45) is 1.18. The van der Waals surface area contributed by atoms with Gasteiger partial charge in [0.2, 0.25) is 11.8 Å². The first-order valence-electron chi connectivity index (χ1n) is 8.84. The standard InChI is InChI=1S/C19H18N2O4/c1-21-14-9-7-25-13-6-11(9)18(8-22,17(21)24)15(14)19(13)10-4-2-3-5-12(10)20-16(19)23/h2-5,8-9,11,13-15H,6-7H2,1H3,(H,20,23)/t9?,11-,13+,14?,15?,18?,19-/m1/s1. The second-order valence-corrected chi connectivity index (χ2v) is 8.13. The van der Waals surface area contributed by atoms with E-state index < -0.39 is 10.8 Å². The first-order valence-corrected chi connectivity index (χ1v) is 8.84. The number of piperidine rings is 1. The van der Waals surface area contributed by atoms with E-state index in [9.17, 15) is 14.4 Å². The highest BCUT2D eigenvalue weighted by molar-refractivity contribution is 6.11. The summed E-state index contributed by atoms with van der Waals surface area (Å²) in [6.45, 7) is 0.515. The minimum absolute atomic E-state index is 0.00589. The summed E-state index contributed by atoms with van der Waals surface area (Å²) in [5.74, 6) is -0.461. The van der Waals surface area contributed by atoms with Crippen molar-refractivity contribution < 1.29 is 19.1 Å². The van der Waals surface area contributed by atoms with Gasteiger partial charge in [0, 0.05) is 30.6 Å². The van der Waals surface area contributed by atoms with E-state index in [-0.39, 0.29) is 41.7 Å². The number of para-hydroxylation sites is 1. The fraction of sp³-hybridized carbons (Fsp3) is 0.526. The van der Waals surface area contributed by atoms with Gasteiger partial charge in [-0.2, -0.15) is 0 Å². The van der Waals surface area contributed by atoms with Crippen LogP contribution in [0.25, 0.3) is 0 Å². The lowest BCUT2D eigenvalue weighted by molar-refractivity contribution is -0.174. The molecule has 1 spiro atoms. The molecular formula is C19H18N2O4. The van der Waals surface area contributed by atoms with Crippen molar-refractivity contribution >= 4 is 23.8 Å². The third-order valence-corrected chi connectivity index (χ3v) is 7.71. The Morgan fingerprint density at radius 2 is 2.12 bits per heavy atom. The van der Waals surface area contributed by atoms with Gasteiger partial charge in [-0.3, -0.25) is 9.59 Å². The molecule has 0 aromatic heterocycles. The van der Waals surface area contributed by atoms with Gasteiger partial charge in [0.15, 0.2) is 0 Å². The largest absolute Gasteiger partial charge is 0.376 e. The van der Waals surface area contributed by atoms with E-state index in [2.05, 4.69) is 5.32 Å². The van der Waals surface area contributed by atoms with Gasteiger partial charge in [-0.05, 0) is 24.0 Å². The number of anilines is 1. The Morgan fingerprint density at radius 1 is 1.32 bits per heavy atom. The van der Waals surface area contributed by atoms with Crippen LogP contribution in [0.1, 0.15) is 12.0 Å². The van der Waals surface area contributed by atoms with Crippen LogP contribution in [-0.2, 0) is 24.5 Å². The molecule has 5 bridgehead atoms. The molecule has 6 nitrogen and oxygen atoms in total. The van der Waals surface area contributed by atoms with Crippen molar-refractivity contribution in [3.63, 3.8) is 0 Å². The third-order valence-electron chi connectivity index (χ3n) is 7.71. The Hall–Kier alpha value is -2.21. The number of hydrogen-bond donors (Lipinski definition) is 1. The Kier molecular flexibility index (Phi) is 2.22. The molecule has 3 aliphatic heterocycles. The molecule has 1 aromatic carbocycles. The van der Waals surface area contributed by atoms with Gasteiger partial charge in [0.25, 0.3) is 0 Å². The van der Waals surface area contributed by atoms with E-state index in [1.165, 1.54) is 0 Å². The zero-order valence-electron chi connectivity index (χ0n) is 13.8. The van der Waals surface area contributed by atoms with Crippen LogP contribution >= 0.6 is 0 Å². The molecule has 1 N–H and O–H groups in total. The maximum absolute atomic E-state index is 13.3. The van der Waals surface area contributed by atoms with Gasteiger partial charge in [-0.15, -0.1) is 0 Å². The maximum Gasteiger partial charge on any atom is 0.238 e. The Bertz CT molecular complexity index is 869. The minimum Gasteiger partial charge on any atom is -0.376 e. The van der Waals surface area contributed by atoms with Crippen LogP contribution in [-0.4, -0.2) is 48.8 Å². The molecule has 3 heterocycles. The predicted octanol–water partition coefficient (Wildman–Crippen LogP) is 0.567. The number of benzene rings is 1. The third kappa shape index (κ3) is 1.13. The van der Waals surface area contributed by atoms with E-state index in [0.29, 0.717) is 13.0 Å². The normalized spacial score (nSPS) is 48.2. The zero-order chi connectivity index (χ0) is 17.1. The average molecular weight is 338 g/mol. The average Bonchev–Trinajstić information content (AvgIpc) is 3.08. The number of nitrogens with zero attached hydrogens (tertiary/aromatic N) is 1. The first kappa shape index (κ1) is 14.0. The van der Waals surface area contributed by atoms with Crippen molar-refractivity contribution in [1.29, 1.82) is 0 Å². The summed E-state index contributed by atoms with van der Waals surface area (Å²) in [6, 6.07) is 7.52. The SMILES string of the molecule is CN1C(=O)C2(C=O)C3C1C1CO[C@@H](C[C@H]12)[C@@]31C(=O)Nc2ccccc21. The molecule has 2 saturated heterocycles. The van der Waals surface area contributed by atoms with Crippen molar-refractivity contribution in [3.8, 4) is 0 Å². The van der Waals surface area contributed by atoms with Crippen LogP contribution in [0.15, 0.2) is 24.3 Å². The van der Waals surface area contributed by atoms with Gasteiger partial charge < -0.3 is 19.7 Å². The van der Waals surface area contributed by atoms with Crippen LogP contribution in [0.4, 0.5) is 5.69 Å². The molecule has 7 atom stereocenters. The summed E-state index contributed by atoms with van der Waals surface area (Å²) in [7, 11) is 1.77. The summed E-state index contributed by atoms with van der Waals surface area (Å²) >= 11 is 0. The van der Waals surface area contributed by atoms with Crippen molar-refractivity contribution in [2.24, 2.45) is 23.2 Å². The molecule has 4 fully saturated rings. The molecule has 128 valence electrons. The van der Waals surface area contributed by atoms with E-state index in [4.69, 9.17) is 4.74 Å². The highest BCUT2D eigenvalue weighted by Crippen LogP contribution is 2.72.